The van der Waals surface area contributed by atoms with E-state index in [0.717, 1.165) is 36.4 Å². The van der Waals surface area contributed by atoms with E-state index in [9.17, 15) is 4.79 Å². The second kappa shape index (κ2) is 5.83. The number of fused-ring (bicyclic) bond motifs is 1. The molecule has 2 amide bonds. The first-order chi connectivity index (χ1) is 10.2. The van der Waals surface area contributed by atoms with Crippen molar-refractivity contribution in [2.75, 3.05) is 17.7 Å². The van der Waals surface area contributed by atoms with Gasteiger partial charge in [-0.25, -0.2) is 4.79 Å². The predicted octanol–water partition coefficient (Wildman–Crippen LogP) is 3.22. The second-order valence-electron chi connectivity index (χ2n) is 4.99. The minimum atomic E-state index is -0.278. The molecule has 1 aliphatic carbocycles. The first-order valence-electron chi connectivity index (χ1n) is 6.94. The van der Waals surface area contributed by atoms with Crippen LogP contribution in [0, 0.1) is 0 Å². The van der Waals surface area contributed by atoms with Crippen molar-refractivity contribution in [2.24, 2.45) is 0 Å². The zero-order chi connectivity index (χ0) is 14.7. The molecule has 2 aromatic rings. The molecule has 5 nitrogen and oxygen atoms in total. The third-order valence-corrected chi connectivity index (χ3v) is 3.53. The molecule has 0 radical (unpaired) electrons. The van der Waals surface area contributed by atoms with Crippen LogP contribution in [0.2, 0.25) is 0 Å². The maximum atomic E-state index is 12.0. The van der Waals surface area contributed by atoms with E-state index in [1.165, 1.54) is 5.56 Å². The third-order valence-electron chi connectivity index (χ3n) is 3.53. The number of carbonyl (C=O) groups is 1. The van der Waals surface area contributed by atoms with Gasteiger partial charge in [-0.05, 0) is 55.2 Å². The Labute approximate surface area is 123 Å². The second-order valence-corrected chi connectivity index (χ2v) is 4.99. The number of benzene rings is 1. The molecule has 5 heteroatoms. The van der Waals surface area contributed by atoms with Crippen molar-refractivity contribution in [1.29, 1.82) is 0 Å². The van der Waals surface area contributed by atoms with Gasteiger partial charge in [0, 0.05) is 11.4 Å². The van der Waals surface area contributed by atoms with Crippen LogP contribution >= 0.6 is 0 Å². The molecule has 0 saturated carbocycles. The lowest BCUT2D eigenvalue weighted by atomic mass is 10.2. The van der Waals surface area contributed by atoms with E-state index in [0.29, 0.717) is 5.69 Å². The van der Waals surface area contributed by atoms with E-state index in [-0.39, 0.29) is 6.03 Å². The lowest BCUT2D eigenvalue weighted by Gasteiger charge is -2.09. The predicted molar refractivity (Wildman–Crippen MR) is 81.9 cm³/mol. The standard InChI is InChI=1S/C16H17N3O2/c1-21-14-7-5-12(6-8-14)18-16(20)19-13-9-11-3-2-4-15(11)17-10-13/h5-10H,2-4H2,1H3,(H2,18,19,20). The molecule has 3 rings (SSSR count). The van der Waals surface area contributed by atoms with Gasteiger partial charge in [-0.2, -0.15) is 0 Å². The quantitative estimate of drug-likeness (QED) is 0.909. The van der Waals surface area contributed by atoms with Gasteiger partial charge in [0.25, 0.3) is 0 Å². The first-order valence-corrected chi connectivity index (χ1v) is 6.94. The molecule has 21 heavy (non-hydrogen) atoms. The van der Waals surface area contributed by atoms with Gasteiger partial charge in [0.1, 0.15) is 5.75 Å². The number of carbonyl (C=O) groups excluding carboxylic acids is 1. The SMILES string of the molecule is COc1ccc(NC(=O)Nc2cnc3c(c2)CCC3)cc1. The van der Waals surface area contributed by atoms with Crippen LogP contribution in [0.15, 0.2) is 36.5 Å². The van der Waals surface area contributed by atoms with Crippen molar-refractivity contribution in [3.8, 4) is 5.75 Å². The summed E-state index contributed by atoms with van der Waals surface area (Å²) < 4.78 is 5.08. The number of amides is 2. The van der Waals surface area contributed by atoms with E-state index >= 15 is 0 Å². The summed E-state index contributed by atoms with van der Waals surface area (Å²) in [5.41, 5.74) is 3.82. The summed E-state index contributed by atoms with van der Waals surface area (Å²) in [5, 5.41) is 5.58. The highest BCUT2D eigenvalue weighted by atomic mass is 16.5. The van der Waals surface area contributed by atoms with Gasteiger partial charge in [-0.15, -0.1) is 0 Å². The van der Waals surface area contributed by atoms with Crippen molar-refractivity contribution in [3.63, 3.8) is 0 Å². The first kappa shape index (κ1) is 13.4. The van der Waals surface area contributed by atoms with Crippen molar-refractivity contribution >= 4 is 17.4 Å². The number of pyridine rings is 1. The van der Waals surface area contributed by atoms with E-state index in [4.69, 9.17) is 4.74 Å². The average molecular weight is 283 g/mol. The summed E-state index contributed by atoms with van der Waals surface area (Å²) in [7, 11) is 1.61. The molecule has 1 heterocycles. The lowest BCUT2D eigenvalue weighted by molar-refractivity contribution is 0.262. The van der Waals surface area contributed by atoms with Crippen LogP contribution in [-0.2, 0) is 12.8 Å². The van der Waals surface area contributed by atoms with Crippen LogP contribution in [0.25, 0.3) is 0 Å². The molecule has 0 saturated heterocycles. The Balaban J connectivity index is 1.63. The number of hydrogen-bond donors (Lipinski definition) is 2. The number of aryl methyl sites for hydroxylation is 2. The summed E-state index contributed by atoms with van der Waals surface area (Å²) in [6.07, 6.45) is 4.92. The number of aromatic nitrogens is 1. The minimum absolute atomic E-state index is 0.278. The van der Waals surface area contributed by atoms with Crippen molar-refractivity contribution < 1.29 is 9.53 Å². The maximum absolute atomic E-state index is 12.0. The van der Waals surface area contributed by atoms with Gasteiger partial charge in [-0.1, -0.05) is 0 Å². The van der Waals surface area contributed by atoms with Gasteiger partial charge < -0.3 is 15.4 Å². The third kappa shape index (κ3) is 3.13. The average Bonchev–Trinajstić information content (AvgIpc) is 2.95. The summed E-state index contributed by atoms with van der Waals surface area (Å²) >= 11 is 0. The molecule has 1 aromatic carbocycles. The Kier molecular flexibility index (Phi) is 3.73. The molecular weight excluding hydrogens is 266 g/mol. The monoisotopic (exact) mass is 283 g/mol. The molecule has 1 aromatic heterocycles. The van der Waals surface area contributed by atoms with Crippen LogP contribution in [0.5, 0.6) is 5.75 Å². The maximum Gasteiger partial charge on any atom is 0.323 e. The lowest BCUT2D eigenvalue weighted by Crippen LogP contribution is -2.19. The highest BCUT2D eigenvalue weighted by Gasteiger charge is 2.13. The zero-order valence-electron chi connectivity index (χ0n) is 11.8. The van der Waals surface area contributed by atoms with Gasteiger partial charge in [0.2, 0.25) is 0 Å². The summed E-state index contributed by atoms with van der Waals surface area (Å²) in [6.45, 7) is 0. The summed E-state index contributed by atoms with van der Waals surface area (Å²) in [6, 6.07) is 8.90. The van der Waals surface area contributed by atoms with Crippen molar-refractivity contribution in [2.45, 2.75) is 19.3 Å². The molecule has 0 aliphatic heterocycles. The van der Waals surface area contributed by atoms with Gasteiger partial charge in [0.15, 0.2) is 0 Å². The van der Waals surface area contributed by atoms with E-state index in [2.05, 4.69) is 15.6 Å². The Morgan fingerprint density at radius 2 is 1.90 bits per heavy atom. The summed E-state index contributed by atoms with van der Waals surface area (Å²) in [5.74, 6) is 0.754. The van der Waals surface area contributed by atoms with Crippen LogP contribution in [0.1, 0.15) is 17.7 Å². The highest BCUT2D eigenvalue weighted by molar-refractivity contribution is 5.99. The Bertz CT molecular complexity index is 653. The fourth-order valence-corrected chi connectivity index (χ4v) is 2.46. The molecule has 1 aliphatic rings. The number of ether oxygens (including phenoxy) is 1. The number of hydrogen-bond acceptors (Lipinski definition) is 3. The van der Waals surface area contributed by atoms with Gasteiger partial charge in [0.05, 0.1) is 19.0 Å². The van der Waals surface area contributed by atoms with Crippen LogP contribution < -0.4 is 15.4 Å². The van der Waals surface area contributed by atoms with Crippen LogP contribution in [0.4, 0.5) is 16.2 Å². The Hall–Kier alpha value is -2.56. The van der Waals surface area contributed by atoms with E-state index < -0.39 is 0 Å². The molecule has 0 spiro atoms. The van der Waals surface area contributed by atoms with Gasteiger partial charge >= 0.3 is 6.03 Å². The molecule has 2 N–H and O–H groups in total. The summed E-state index contributed by atoms with van der Waals surface area (Å²) in [4.78, 5) is 16.3. The number of anilines is 2. The van der Waals surface area contributed by atoms with Crippen molar-refractivity contribution in [3.05, 3.63) is 47.8 Å². The molecule has 0 atom stereocenters. The number of urea groups is 1. The number of nitrogens with one attached hydrogen (secondary N) is 2. The van der Waals surface area contributed by atoms with E-state index in [1.54, 1.807) is 37.6 Å². The topological polar surface area (TPSA) is 63.2 Å². The van der Waals surface area contributed by atoms with Crippen LogP contribution in [-0.4, -0.2) is 18.1 Å². The zero-order valence-corrected chi connectivity index (χ0v) is 11.8. The molecule has 108 valence electrons. The number of rotatable bonds is 3. The smallest absolute Gasteiger partial charge is 0.323 e. The normalized spacial score (nSPS) is 12.6. The van der Waals surface area contributed by atoms with E-state index in [1.807, 2.05) is 6.07 Å². The van der Waals surface area contributed by atoms with Crippen molar-refractivity contribution in [1.82, 2.24) is 4.98 Å². The fraction of sp³-hybridized carbons (Fsp3) is 0.250. The Morgan fingerprint density at radius 1 is 1.14 bits per heavy atom. The molecule has 0 bridgehead atoms. The highest BCUT2D eigenvalue weighted by Crippen LogP contribution is 2.22. The Morgan fingerprint density at radius 3 is 2.67 bits per heavy atom. The fourth-order valence-electron chi connectivity index (χ4n) is 2.46. The number of nitrogens with zero attached hydrogens (tertiary/aromatic N) is 1. The molecular formula is C16H17N3O2. The molecule has 0 unspecified atom stereocenters. The molecule has 0 fully saturated rings. The largest absolute Gasteiger partial charge is 0.497 e. The number of methoxy groups -OCH3 is 1. The van der Waals surface area contributed by atoms with Crippen LogP contribution in [0.3, 0.4) is 0 Å². The van der Waals surface area contributed by atoms with Gasteiger partial charge in [-0.3, -0.25) is 4.98 Å². The minimum Gasteiger partial charge on any atom is -0.497 e.